The van der Waals surface area contributed by atoms with Crippen LogP contribution in [-0.2, 0) is 14.3 Å². The average molecular weight is 346 g/mol. The van der Waals surface area contributed by atoms with Crippen LogP contribution in [0.25, 0.3) is 0 Å². The van der Waals surface area contributed by atoms with Crippen LogP contribution >= 0.6 is 22.9 Å². The van der Waals surface area contributed by atoms with Crippen molar-refractivity contribution in [3.63, 3.8) is 0 Å². The maximum absolute atomic E-state index is 15.4. The molecule has 1 aromatic heterocycles. The van der Waals surface area contributed by atoms with Gasteiger partial charge in [-0.1, -0.05) is 22.9 Å². The molecule has 2 atom stereocenters. The summed E-state index contributed by atoms with van der Waals surface area (Å²) in [6.07, 6.45) is 0.114. The van der Waals surface area contributed by atoms with Crippen molar-refractivity contribution >= 4 is 34.0 Å². The Morgan fingerprint density at radius 3 is 3.05 bits per heavy atom. The van der Waals surface area contributed by atoms with E-state index in [-0.39, 0.29) is 42.8 Å². The van der Waals surface area contributed by atoms with E-state index < -0.39 is 17.1 Å². The van der Waals surface area contributed by atoms with E-state index in [0.717, 1.165) is 11.3 Å². The van der Waals surface area contributed by atoms with Gasteiger partial charge in [-0.3, -0.25) is 4.79 Å². The number of esters is 1. The molecular formula is C13H13ClFN3O3S. The Kier molecular flexibility index (Phi) is 3.75. The average Bonchev–Trinajstić information content (AvgIpc) is 3.04. The molecule has 0 amide bonds. The smallest absolute Gasteiger partial charge is 0.319 e. The molecule has 0 unspecified atom stereocenters. The molecule has 2 saturated heterocycles. The molecule has 6 nitrogen and oxygen atoms in total. The zero-order valence-corrected chi connectivity index (χ0v) is 13.3. The predicted octanol–water partition coefficient (Wildman–Crippen LogP) is 1.78. The second kappa shape index (κ2) is 5.33. The lowest BCUT2D eigenvalue weighted by atomic mass is 9.73. The van der Waals surface area contributed by atoms with Gasteiger partial charge in [-0.15, -0.1) is 0 Å². The van der Waals surface area contributed by atoms with Gasteiger partial charge in [-0.05, 0) is 0 Å². The van der Waals surface area contributed by atoms with Gasteiger partial charge in [-0.25, -0.2) is 9.37 Å². The molecule has 0 spiro atoms. The first-order valence-electron chi connectivity index (χ1n) is 6.62. The summed E-state index contributed by atoms with van der Waals surface area (Å²) in [7, 11) is 1.24. The van der Waals surface area contributed by atoms with Crippen LogP contribution in [0.5, 0.6) is 0 Å². The van der Waals surface area contributed by atoms with Gasteiger partial charge in [0.25, 0.3) is 0 Å². The molecule has 3 rings (SSSR count). The molecule has 22 heavy (non-hydrogen) atoms. The maximum Gasteiger partial charge on any atom is 0.319 e. The van der Waals surface area contributed by atoms with E-state index in [4.69, 9.17) is 26.3 Å². The van der Waals surface area contributed by atoms with Gasteiger partial charge in [0.05, 0.1) is 20.3 Å². The van der Waals surface area contributed by atoms with Crippen molar-refractivity contribution < 1.29 is 18.7 Å². The summed E-state index contributed by atoms with van der Waals surface area (Å²) in [5.41, 5.74) is -3.01. The van der Waals surface area contributed by atoms with Crippen LogP contribution in [-0.4, -0.2) is 50.0 Å². The molecule has 0 N–H and O–H groups in total. The fraction of sp³-hybridized carbons (Fsp3) is 0.615. The van der Waals surface area contributed by atoms with E-state index >= 15 is 4.39 Å². The third kappa shape index (κ3) is 2.07. The van der Waals surface area contributed by atoms with Crippen molar-refractivity contribution in [1.29, 1.82) is 5.26 Å². The van der Waals surface area contributed by atoms with Crippen LogP contribution in [0.15, 0.2) is 0 Å². The zero-order chi connectivity index (χ0) is 16.0. The van der Waals surface area contributed by atoms with Gasteiger partial charge < -0.3 is 14.4 Å². The molecule has 2 aliphatic rings. The number of carbonyl (C=O) groups excluding carboxylic acids is 1. The first-order chi connectivity index (χ1) is 10.5. The number of ether oxygens (including phenoxy) is 2. The van der Waals surface area contributed by atoms with Crippen LogP contribution in [0.2, 0.25) is 4.34 Å². The summed E-state index contributed by atoms with van der Waals surface area (Å²) < 4.78 is 25.8. The molecule has 0 aromatic carbocycles. The Morgan fingerprint density at radius 2 is 2.41 bits per heavy atom. The van der Waals surface area contributed by atoms with Crippen molar-refractivity contribution in [1.82, 2.24) is 4.98 Å². The van der Waals surface area contributed by atoms with Gasteiger partial charge in [0.15, 0.2) is 16.5 Å². The lowest BCUT2D eigenvalue weighted by molar-refractivity contribution is -0.175. The highest BCUT2D eigenvalue weighted by Gasteiger charge is 2.66. The highest BCUT2D eigenvalue weighted by atomic mass is 35.5. The molecule has 2 aliphatic heterocycles. The van der Waals surface area contributed by atoms with Crippen LogP contribution in [0.1, 0.15) is 12.1 Å². The summed E-state index contributed by atoms with van der Waals surface area (Å²) in [6, 6.07) is 1.89. The molecule has 2 fully saturated rings. The van der Waals surface area contributed by atoms with Crippen LogP contribution in [0.3, 0.4) is 0 Å². The lowest BCUT2D eigenvalue weighted by Gasteiger charge is -2.39. The Morgan fingerprint density at radius 1 is 1.64 bits per heavy atom. The normalized spacial score (nSPS) is 30.7. The van der Waals surface area contributed by atoms with Crippen LogP contribution in [0.4, 0.5) is 9.52 Å². The fourth-order valence-electron chi connectivity index (χ4n) is 3.08. The summed E-state index contributed by atoms with van der Waals surface area (Å²) in [5.74, 6) is -0.625. The standard InChI is InChI=1S/C13H13ClFN3O3S/c1-20-10(19)12-5-18(6-13(12,15)2-3-21-7-12)11-17-8(4-16)9(14)22-11/h2-3,5-7H2,1H3/t12-,13+/m1/s1. The first kappa shape index (κ1) is 15.5. The quantitative estimate of drug-likeness (QED) is 0.760. The second-order valence-corrected chi connectivity index (χ2v) is 7.01. The third-order valence-electron chi connectivity index (χ3n) is 4.28. The minimum absolute atomic E-state index is 0.000169. The largest absolute Gasteiger partial charge is 0.468 e. The molecule has 9 heteroatoms. The second-order valence-electron chi connectivity index (χ2n) is 5.43. The van der Waals surface area contributed by atoms with Crippen LogP contribution < -0.4 is 4.90 Å². The van der Waals surface area contributed by atoms with Gasteiger partial charge in [0.1, 0.15) is 15.8 Å². The fourth-order valence-corrected chi connectivity index (χ4v) is 4.12. The number of thiazole rings is 1. The molecular weight excluding hydrogens is 333 g/mol. The Bertz CT molecular complexity index is 663. The highest BCUT2D eigenvalue weighted by molar-refractivity contribution is 7.19. The van der Waals surface area contributed by atoms with Gasteiger partial charge >= 0.3 is 5.97 Å². The number of hydrogen-bond donors (Lipinski definition) is 0. The van der Waals surface area contributed by atoms with E-state index in [1.54, 1.807) is 4.90 Å². The summed E-state index contributed by atoms with van der Waals surface area (Å²) in [6.45, 7) is 0.313. The zero-order valence-electron chi connectivity index (χ0n) is 11.8. The highest BCUT2D eigenvalue weighted by Crippen LogP contribution is 2.50. The van der Waals surface area contributed by atoms with E-state index in [0.29, 0.717) is 5.13 Å². The predicted molar refractivity (Wildman–Crippen MR) is 77.8 cm³/mol. The van der Waals surface area contributed by atoms with E-state index in [2.05, 4.69) is 4.98 Å². The summed E-state index contributed by atoms with van der Waals surface area (Å²) in [5, 5.41) is 9.36. The van der Waals surface area contributed by atoms with Gasteiger partial charge in [0, 0.05) is 19.6 Å². The molecule has 0 aliphatic carbocycles. The monoisotopic (exact) mass is 345 g/mol. The third-order valence-corrected chi connectivity index (χ3v) is 5.59. The number of nitriles is 1. The minimum atomic E-state index is -1.75. The first-order valence-corrected chi connectivity index (χ1v) is 7.82. The Balaban J connectivity index is 1.97. The molecule has 3 heterocycles. The van der Waals surface area contributed by atoms with Crippen LogP contribution in [0, 0.1) is 16.7 Å². The molecule has 0 saturated carbocycles. The molecule has 0 bridgehead atoms. The summed E-state index contributed by atoms with van der Waals surface area (Å²) >= 11 is 7.03. The van der Waals surface area contributed by atoms with Crippen molar-refractivity contribution in [2.45, 2.75) is 12.1 Å². The molecule has 1 aromatic rings. The number of alkyl halides is 1. The topological polar surface area (TPSA) is 75.5 Å². The van der Waals surface area contributed by atoms with E-state index in [1.807, 2.05) is 6.07 Å². The number of nitrogens with zero attached hydrogens (tertiary/aromatic N) is 3. The number of carbonyl (C=O) groups is 1. The number of anilines is 1. The van der Waals surface area contributed by atoms with Crippen molar-refractivity contribution in [3.8, 4) is 6.07 Å². The van der Waals surface area contributed by atoms with Gasteiger partial charge in [-0.2, -0.15) is 5.26 Å². The SMILES string of the molecule is COC(=O)[C@@]12COCC[C@]1(F)CN(c1nc(C#N)c(Cl)s1)C2. The maximum atomic E-state index is 15.4. The summed E-state index contributed by atoms with van der Waals surface area (Å²) in [4.78, 5) is 18.0. The minimum Gasteiger partial charge on any atom is -0.468 e. The lowest BCUT2D eigenvalue weighted by Crippen LogP contribution is -2.56. The van der Waals surface area contributed by atoms with E-state index in [9.17, 15) is 4.79 Å². The number of aromatic nitrogens is 1. The van der Waals surface area contributed by atoms with Crippen molar-refractivity contribution in [3.05, 3.63) is 10.0 Å². The molecule has 0 radical (unpaired) electrons. The van der Waals surface area contributed by atoms with Crippen molar-refractivity contribution in [2.24, 2.45) is 5.41 Å². The number of fused-ring (bicyclic) bond motifs is 1. The number of hydrogen-bond acceptors (Lipinski definition) is 7. The number of halogens is 2. The molecule has 118 valence electrons. The number of rotatable bonds is 2. The van der Waals surface area contributed by atoms with E-state index in [1.165, 1.54) is 7.11 Å². The Hall–Kier alpha value is -1.43. The number of methoxy groups -OCH3 is 1. The Labute approximate surface area is 135 Å². The van der Waals surface area contributed by atoms with Gasteiger partial charge in [0.2, 0.25) is 0 Å². The van der Waals surface area contributed by atoms with Crippen molar-refractivity contribution in [2.75, 3.05) is 38.3 Å².